The van der Waals surface area contributed by atoms with Crippen molar-refractivity contribution in [3.05, 3.63) is 29.8 Å². The monoisotopic (exact) mass is 293 g/mol. The van der Waals surface area contributed by atoms with E-state index in [0.29, 0.717) is 12.6 Å². The van der Waals surface area contributed by atoms with E-state index in [2.05, 4.69) is 18.7 Å². The normalized spacial score (nSPS) is 21.8. The van der Waals surface area contributed by atoms with Crippen LogP contribution in [0.3, 0.4) is 0 Å². The van der Waals surface area contributed by atoms with E-state index < -0.39 is 6.10 Å². The van der Waals surface area contributed by atoms with Gasteiger partial charge in [0.25, 0.3) is 0 Å². The fourth-order valence-electron chi connectivity index (χ4n) is 2.62. The zero-order valence-corrected chi connectivity index (χ0v) is 13.5. The predicted molar refractivity (Wildman–Crippen MR) is 83.6 cm³/mol. The molecule has 2 atom stereocenters. The van der Waals surface area contributed by atoms with Crippen molar-refractivity contribution in [2.45, 2.75) is 52.0 Å². The first-order valence-electron chi connectivity index (χ1n) is 7.77. The molecule has 1 aliphatic heterocycles. The van der Waals surface area contributed by atoms with Gasteiger partial charge in [-0.15, -0.1) is 0 Å². The average molecular weight is 293 g/mol. The Labute approximate surface area is 127 Å². The van der Waals surface area contributed by atoms with E-state index in [1.165, 1.54) is 0 Å². The minimum atomic E-state index is -0.623. The number of aliphatic hydroxyl groups is 1. The Hall–Kier alpha value is -1.10. The first-order valence-corrected chi connectivity index (χ1v) is 7.77. The lowest BCUT2D eigenvalue weighted by Gasteiger charge is -2.37. The number of nitrogens with zero attached hydrogens (tertiary/aromatic N) is 1. The van der Waals surface area contributed by atoms with E-state index in [1.807, 2.05) is 38.1 Å². The second-order valence-corrected chi connectivity index (χ2v) is 6.18. The number of rotatable bonds is 5. The molecule has 0 radical (unpaired) electrons. The maximum Gasteiger partial charge on any atom is 0.120 e. The van der Waals surface area contributed by atoms with Crippen molar-refractivity contribution >= 4 is 0 Å². The molecule has 1 N–H and O–H groups in total. The maximum atomic E-state index is 10.6. The zero-order valence-electron chi connectivity index (χ0n) is 13.5. The minimum absolute atomic E-state index is 0.125. The van der Waals surface area contributed by atoms with Crippen molar-refractivity contribution in [1.82, 2.24) is 4.90 Å². The molecule has 4 heteroatoms. The Kier molecular flexibility index (Phi) is 5.62. The highest BCUT2D eigenvalue weighted by molar-refractivity contribution is 5.30. The summed E-state index contributed by atoms with van der Waals surface area (Å²) in [6.45, 7) is 10.7. The summed E-state index contributed by atoms with van der Waals surface area (Å²) in [5.74, 6) is 0.790. The summed E-state index contributed by atoms with van der Waals surface area (Å²) in [6.07, 6.45) is -0.683. The summed E-state index contributed by atoms with van der Waals surface area (Å²) in [5, 5.41) is 10.6. The number of aliphatic hydroxyl groups excluding tert-OH is 1. The predicted octanol–water partition coefficient (Wildman–Crippen LogP) is 2.62. The molecule has 2 rings (SSSR count). The van der Waals surface area contributed by atoms with Gasteiger partial charge in [-0.05, 0) is 45.4 Å². The lowest BCUT2D eigenvalue weighted by Crippen LogP contribution is -2.47. The van der Waals surface area contributed by atoms with Crippen molar-refractivity contribution < 1.29 is 14.6 Å². The van der Waals surface area contributed by atoms with Crippen LogP contribution in [-0.2, 0) is 4.74 Å². The van der Waals surface area contributed by atoms with E-state index in [0.717, 1.165) is 24.4 Å². The van der Waals surface area contributed by atoms with Crippen LogP contribution in [0.25, 0.3) is 0 Å². The van der Waals surface area contributed by atoms with Crippen LogP contribution in [0.15, 0.2) is 24.3 Å². The minimum Gasteiger partial charge on any atom is -0.491 e. The molecule has 0 saturated carbocycles. The SMILES string of the molecule is CC(C)Oc1cccc(C(O)C2CN(C(C)C)CCO2)c1. The molecule has 0 aliphatic carbocycles. The summed E-state index contributed by atoms with van der Waals surface area (Å²) in [4.78, 5) is 2.34. The lowest BCUT2D eigenvalue weighted by molar-refractivity contribution is -0.0962. The van der Waals surface area contributed by atoms with Crippen molar-refractivity contribution in [2.75, 3.05) is 19.7 Å². The third kappa shape index (κ3) is 4.43. The van der Waals surface area contributed by atoms with E-state index in [4.69, 9.17) is 9.47 Å². The van der Waals surface area contributed by atoms with Gasteiger partial charge < -0.3 is 14.6 Å². The van der Waals surface area contributed by atoms with Gasteiger partial charge in [-0.3, -0.25) is 4.90 Å². The summed E-state index contributed by atoms with van der Waals surface area (Å²) >= 11 is 0. The third-order valence-electron chi connectivity index (χ3n) is 3.78. The molecule has 0 spiro atoms. The number of morpholine rings is 1. The fraction of sp³-hybridized carbons (Fsp3) is 0.647. The largest absolute Gasteiger partial charge is 0.491 e. The second-order valence-electron chi connectivity index (χ2n) is 6.18. The number of benzene rings is 1. The molecule has 118 valence electrons. The highest BCUT2D eigenvalue weighted by Crippen LogP contribution is 2.26. The van der Waals surface area contributed by atoms with Crippen LogP contribution in [0.5, 0.6) is 5.75 Å². The number of hydrogen-bond acceptors (Lipinski definition) is 4. The van der Waals surface area contributed by atoms with E-state index >= 15 is 0 Å². The van der Waals surface area contributed by atoms with Gasteiger partial charge in [0.05, 0.1) is 12.7 Å². The van der Waals surface area contributed by atoms with Crippen LogP contribution in [-0.4, -0.2) is 48.0 Å². The molecule has 1 aromatic carbocycles. The van der Waals surface area contributed by atoms with Crippen LogP contribution < -0.4 is 4.74 Å². The van der Waals surface area contributed by atoms with Gasteiger partial charge in [0, 0.05) is 19.1 Å². The van der Waals surface area contributed by atoms with Crippen LogP contribution in [0.4, 0.5) is 0 Å². The van der Waals surface area contributed by atoms with Crippen molar-refractivity contribution in [1.29, 1.82) is 0 Å². The van der Waals surface area contributed by atoms with Gasteiger partial charge in [0.15, 0.2) is 0 Å². The Morgan fingerprint density at radius 2 is 2.05 bits per heavy atom. The van der Waals surface area contributed by atoms with E-state index in [9.17, 15) is 5.11 Å². The standard InChI is InChI=1S/C17H27NO3/c1-12(2)18-8-9-20-16(11-18)17(19)14-6-5-7-15(10-14)21-13(3)4/h5-7,10,12-13,16-17,19H,8-9,11H2,1-4H3. The molecule has 1 aromatic rings. The molecule has 0 bridgehead atoms. The summed E-state index contributed by atoms with van der Waals surface area (Å²) in [6, 6.07) is 8.13. The quantitative estimate of drug-likeness (QED) is 0.906. The maximum absolute atomic E-state index is 10.6. The van der Waals surface area contributed by atoms with Crippen LogP contribution in [0.2, 0.25) is 0 Å². The van der Waals surface area contributed by atoms with Gasteiger partial charge in [-0.25, -0.2) is 0 Å². The zero-order chi connectivity index (χ0) is 15.4. The van der Waals surface area contributed by atoms with Gasteiger partial charge in [-0.1, -0.05) is 12.1 Å². The molecule has 4 nitrogen and oxygen atoms in total. The van der Waals surface area contributed by atoms with Crippen molar-refractivity contribution in [3.8, 4) is 5.75 Å². The van der Waals surface area contributed by atoms with Gasteiger partial charge >= 0.3 is 0 Å². The van der Waals surface area contributed by atoms with Crippen LogP contribution in [0, 0.1) is 0 Å². The van der Waals surface area contributed by atoms with Crippen LogP contribution >= 0.6 is 0 Å². The molecule has 21 heavy (non-hydrogen) atoms. The lowest BCUT2D eigenvalue weighted by atomic mass is 10.0. The highest BCUT2D eigenvalue weighted by Gasteiger charge is 2.29. The highest BCUT2D eigenvalue weighted by atomic mass is 16.5. The Bertz CT molecular complexity index is 447. The second kappa shape index (κ2) is 7.25. The number of ether oxygens (including phenoxy) is 2. The molecule has 1 saturated heterocycles. The summed E-state index contributed by atoms with van der Waals surface area (Å²) in [7, 11) is 0. The molecule has 1 aliphatic rings. The Balaban J connectivity index is 2.06. The Morgan fingerprint density at radius 3 is 2.71 bits per heavy atom. The topological polar surface area (TPSA) is 41.9 Å². The van der Waals surface area contributed by atoms with Gasteiger partial charge in [-0.2, -0.15) is 0 Å². The van der Waals surface area contributed by atoms with Gasteiger partial charge in [0.2, 0.25) is 0 Å². The third-order valence-corrected chi connectivity index (χ3v) is 3.78. The molecule has 1 fully saturated rings. The van der Waals surface area contributed by atoms with E-state index in [-0.39, 0.29) is 12.2 Å². The molecule has 0 amide bonds. The van der Waals surface area contributed by atoms with Gasteiger partial charge in [0.1, 0.15) is 18.0 Å². The summed E-state index contributed by atoms with van der Waals surface area (Å²) in [5.41, 5.74) is 0.851. The first-order chi connectivity index (χ1) is 9.97. The Morgan fingerprint density at radius 1 is 1.29 bits per heavy atom. The van der Waals surface area contributed by atoms with Crippen molar-refractivity contribution in [2.24, 2.45) is 0 Å². The van der Waals surface area contributed by atoms with E-state index in [1.54, 1.807) is 0 Å². The smallest absolute Gasteiger partial charge is 0.120 e. The van der Waals surface area contributed by atoms with Crippen LogP contribution in [0.1, 0.15) is 39.4 Å². The molecular weight excluding hydrogens is 266 g/mol. The molecule has 2 unspecified atom stereocenters. The van der Waals surface area contributed by atoms with Crippen molar-refractivity contribution in [3.63, 3.8) is 0 Å². The first kappa shape index (κ1) is 16.3. The number of hydrogen-bond donors (Lipinski definition) is 1. The average Bonchev–Trinajstić information content (AvgIpc) is 2.46. The summed E-state index contributed by atoms with van der Waals surface area (Å²) < 4.78 is 11.5. The molecular formula is C17H27NO3. The molecule has 0 aromatic heterocycles. The fourth-order valence-corrected chi connectivity index (χ4v) is 2.62. The molecule has 1 heterocycles.